The smallest absolute Gasteiger partial charge is 0.409 e. The molecule has 6 nitrogen and oxygen atoms in total. The molecule has 6 heteroatoms. The lowest BCUT2D eigenvalue weighted by Crippen LogP contribution is -2.50. The van der Waals surface area contributed by atoms with Gasteiger partial charge in [0.05, 0.1) is 6.61 Å². The molecule has 0 aromatic heterocycles. The molecule has 0 atom stereocenters. The second-order valence-corrected chi connectivity index (χ2v) is 7.35. The Hall–Kier alpha value is -1.46. The Morgan fingerprint density at radius 3 is 2.28 bits per heavy atom. The molecule has 0 aromatic rings. The van der Waals surface area contributed by atoms with Crippen molar-refractivity contribution in [2.75, 3.05) is 33.3 Å². The Morgan fingerprint density at radius 2 is 1.72 bits per heavy atom. The van der Waals surface area contributed by atoms with Gasteiger partial charge in [0.25, 0.3) is 0 Å². The molecule has 0 radical (unpaired) electrons. The van der Waals surface area contributed by atoms with Crippen LogP contribution in [0.15, 0.2) is 4.99 Å². The van der Waals surface area contributed by atoms with Crippen molar-refractivity contribution in [2.24, 2.45) is 16.8 Å². The van der Waals surface area contributed by atoms with Gasteiger partial charge in [-0.3, -0.25) is 4.99 Å². The highest BCUT2D eigenvalue weighted by molar-refractivity contribution is 5.80. The maximum atomic E-state index is 11.8. The summed E-state index contributed by atoms with van der Waals surface area (Å²) < 4.78 is 5.07. The van der Waals surface area contributed by atoms with Gasteiger partial charge in [-0.1, -0.05) is 26.2 Å². The summed E-state index contributed by atoms with van der Waals surface area (Å²) in [7, 11) is 1.83. The first-order valence-corrected chi connectivity index (χ1v) is 10.0. The molecule has 1 aliphatic carbocycles. The van der Waals surface area contributed by atoms with E-state index in [-0.39, 0.29) is 6.09 Å². The first kappa shape index (κ1) is 19.9. The minimum Gasteiger partial charge on any atom is -0.450 e. The van der Waals surface area contributed by atoms with Crippen LogP contribution < -0.4 is 10.6 Å². The van der Waals surface area contributed by atoms with Crippen molar-refractivity contribution in [1.29, 1.82) is 0 Å². The number of hydrogen-bond acceptors (Lipinski definition) is 3. The van der Waals surface area contributed by atoms with E-state index >= 15 is 0 Å². The van der Waals surface area contributed by atoms with Crippen LogP contribution in [0.25, 0.3) is 0 Å². The van der Waals surface area contributed by atoms with E-state index in [1.54, 1.807) is 4.90 Å². The molecule has 1 heterocycles. The number of carbonyl (C=O) groups excluding carboxylic acids is 1. The van der Waals surface area contributed by atoms with Crippen molar-refractivity contribution in [3.05, 3.63) is 0 Å². The maximum Gasteiger partial charge on any atom is 0.409 e. The number of hydrogen-bond donors (Lipinski definition) is 2. The van der Waals surface area contributed by atoms with E-state index in [9.17, 15) is 4.79 Å². The van der Waals surface area contributed by atoms with Gasteiger partial charge in [-0.05, 0) is 44.4 Å². The highest BCUT2D eigenvalue weighted by Gasteiger charge is 2.24. The van der Waals surface area contributed by atoms with Crippen LogP contribution in [0.4, 0.5) is 4.79 Å². The second-order valence-electron chi connectivity index (χ2n) is 7.35. The zero-order chi connectivity index (χ0) is 18.1. The van der Waals surface area contributed by atoms with Gasteiger partial charge in [0.15, 0.2) is 5.96 Å². The van der Waals surface area contributed by atoms with Gasteiger partial charge < -0.3 is 20.3 Å². The fraction of sp³-hybridized carbons (Fsp3) is 0.895. The van der Waals surface area contributed by atoms with Crippen LogP contribution in [0.5, 0.6) is 0 Å². The van der Waals surface area contributed by atoms with Crippen LogP contribution in [0.3, 0.4) is 0 Å². The molecule has 1 aliphatic heterocycles. The van der Waals surface area contributed by atoms with Gasteiger partial charge in [-0.2, -0.15) is 0 Å². The highest BCUT2D eigenvalue weighted by atomic mass is 16.6. The molecule has 0 unspecified atom stereocenters. The normalized spacial score (nSPS) is 25.6. The first-order valence-electron chi connectivity index (χ1n) is 10.0. The van der Waals surface area contributed by atoms with Crippen LogP contribution in [0.1, 0.15) is 58.8 Å². The van der Waals surface area contributed by atoms with Crippen LogP contribution in [-0.2, 0) is 4.74 Å². The average Bonchev–Trinajstić information content (AvgIpc) is 2.66. The molecule has 2 N–H and O–H groups in total. The van der Waals surface area contributed by atoms with Crippen LogP contribution in [-0.4, -0.2) is 56.3 Å². The van der Waals surface area contributed by atoms with Gasteiger partial charge in [-0.25, -0.2) is 4.79 Å². The van der Waals surface area contributed by atoms with E-state index in [2.05, 4.69) is 22.5 Å². The molecule has 0 aromatic carbocycles. The molecule has 1 saturated carbocycles. The highest BCUT2D eigenvalue weighted by Crippen LogP contribution is 2.30. The predicted octanol–water partition coefficient (Wildman–Crippen LogP) is 2.99. The first-order chi connectivity index (χ1) is 12.2. The molecular weight excluding hydrogens is 316 g/mol. The monoisotopic (exact) mass is 352 g/mol. The Balaban J connectivity index is 1.66. The standard InChI is InChI=1S/C19H36N4O2/c1-4-15-6-8-16(9-7-15)14-21-18(20-3)22-17-10-12-23(13-11-17)19(24)25-5-2/h15-17H,4-14H2,1-3H3,(H2,20,21,22). The van der Waals surface area contributed by atoms with Gasteiger partial charge in [0, 0.05) is 32.7 Å². The summed E-state index contributed by atoms with van der Waals surface area (Å²) in [6.07, 6.45) is 8.42. The zero-order valence-corrected chi connectivity index (χ0v) is 16.2. The molecule has 2 fully saturated rings. The number of ether oxygens (including phenoxy) is 1. The Labute approximate surface area is 152 Å². The Kier molecular flexibility index (Phi) is 8.35. The molecule has 1 amide bonds. The summed E-state index contributed by atoms with van der Waals surface area (Å²) in [5.74, 6) is 2.61. The molecule has 144 valence electrons. The Morgan fingerprint density at radius 1 is 1.08 bits per heavy atom. The fourth-order valence-corrected chi connectivity index (χ4v) is 3.89. The lowest BCUT2D eigenvalue weighted by Gasteiger charge is -2.33. The number of amides is 1. The maximum absolute atomic E-state index is 11.8. The zero-order valence-electron chi connectivity index (χ0n) is 16.2. The second kappa shape index (κ2) is 10.5. The molecule has 25 heavy (non-hydrogen) atoms. The summed E-state index contributed by atoms with van der Waals surface area (Å²) in [5.41, 5.74) is 0. The van der Waals surface area contributed by atoms with E-state index in [0.29, 0.717) is 12.6 Å². The van der Waals surface area contributed by atoms with E-state index < -0.39 is 0 Å². The molecule has 2 aliphatic rings. The number of rotatable bonds is 5. The number of carbonyl (C=O) groups is 1. The van der Waals surface area contributed by atoms with E-state index in [4.69, 9.17) is 4.74 Å². The minimum atomic E-state index is -0.189. The van der Waals surface area contributed by atoms with Gasteiger partial charge in [0.1, 0.15) is 0 Å². The van der Waals surface area contributed by atoms with Crippen LogP contribution in [0, 0.1) is 11.8 Å². The van der Waals surface area contributed by atoms with Crippen molar-refractivity contribution in [1.82, 2.24) is 15.5 Å². The van der Waals surface area contributed by atoms with Crippen molar-refractivity contribution >= 4 is 12.1 Å². The molecule has 2 rings (SSSR count). The lowest BCUT2D eigenvalue weighted by atomic mass is 9.81. The fourth-order valence-electron chi connectivity index (χ4n) is 3.89. The van der Waals surface area contributed by atoms with Crippen LogP contribution >= 0.6 is 0 Å². The quantitative estimate of drug-likeness (QED) is 0.590. The van der Waals surface area contributed by atoms with Gasteiger partial charge in [0.2, 0.25) is 0 Å². The minimum absolute atomic E-state index is 0.189. The summed E-state index contributed by atoms with van der Waals surface area (Å²) >= 11 is 0. The average molecular weight is 353 g/mol. The van der Waals surface area contributed by atoms with Crippen molar-refractivity contribution in [3.63, 3.8) is 0 Å². The predicted molar refractivity (Wildman–Crippen MR) is 102 cm³/mol. The third kappa shape index (κ3) is 6.40. The number of piperidine rings is 1. The van der Waals surface area contributed by atoms with E-state index in [1.165, 1.54) is 32.1 Å². The van der Waals surface area contributed by atoms with Crippen molar-refractivity contribution < 1.29 is 9.53 Å². The lowest BCUT2D eigenvalue weighted by molar-refractivity contribution is 0.0963. The molecule has 0 spiro atoms. The number of aliphatic imine (C=N–C) groups is 1. The van der Waals surface area contributed by atoms with Gasteiger partial charge in [-0.15, -0.1) is 0 Å². The van der Waals surface area contributed by atoms with Crippen molar-refractivity contribution in [2.45, 2.75) is 64.8 Å². The molecular formula is C19H36N4O2. The number of nitrogens with zero attached hydrogens (tertiary/aromatic N) is 2. The Bertz CT molecular complexity index is 425. The summed E-state index contributed by atoms with van der Waals surface area (Å²) in [4.78, 5) is 17.9. The van der Waals surface area contributed by atoms with E-state index in [0.717, 1.165) is 50.3 Å². The molecule has 1 saturated heterocycles. The number of nitrogens with one attached hydrogen (secondary N) is 2. The number of likely N-dealkylation sites (tertiary alicyclic amines) is 1. The summed E-state index contributed by atoms with van der Waals surface area (Å²) in [5, 5.41) is 7.02. The molecule has 0 bridgehead atoms. The number of guanidine groups is 1. The van der Waals surface area contributed by atoms with Crippen molar-refractivity contribution in [3.8, 4) is 0 Å². The third-order valence-electron chi connectivity index (χ3n) is 5.69. The summed E-state index contributed by atoms with van der Waals surface area (Å²) in [6.45, 7) is 7.09. The summed E-state index contributed by atoms with van der Waals surface area (Å²) in [6, 6.07) is 0.368. The van der Waals surface area contributed by atoms with Crippen LogP contribution in [0.2, 0.25) is 0 Å². The largest absolute Gasteiger partial charge is 0.450 e. The van der Waals surface area contributed by atoms with Gasteiger partial charge >= 0.3 is 6.09 Å². The SMILES string of the molecule is CCOC(=O)N1CCC(NC(=NC)NCC2CCC(CC)CC2)CC1. The van der Waals surface area contributed by atoms with E-state index in [1.807, 2.05) is 14.0 Å². The third-order valence-corrected chi connectivity index (χ3v) is 5.69. The topological polar surface area (TPSA) is 66.0 Å².